The van der Waals surface area contributed by atoms with Crippen molar-refractivity contribution < 1.29 is 9.18 Å². The Morgan fingerprint density at radius 2 is 1.67 bits per heavy atom. The predicted molar refractivity (Wildman–Crippen MR) is 107 cm³/mol. The van der Waals surface area contributed by atoms with Crippen LogP contribution in [0.3, 0.4) is 0 Å². The van der Waals surface area contributed by atoms with Crippen LogP contribution in [-0.4, -0.2) is 15.7 Å². The average Bonchev–Trinajstić information content (AvgIpc) is 3.27. The third-order valence-corrected chi connectivity index (χ3v) is 5.50. The van der Waals surface area contributed by atoms with Crippen molar-refractivity contribution >= 4 is 33.4 Å². The van der Waals surface area contributed by atoms with Crippen LogP contribution in [0.1, 0.15) is 10.5 Å². The first-order chi connectivity index (χ1) is 13.2. The molecule has 0 aliphatic rings. The molecule has 27 heavy (non-hydrogen) atoms. The maximum absolute atomic E-state index is 13.3. The van der Waals surface area contributed by atoms with Crippen molar-refractivity contribution in [3.8, 4) is 22.5 Å². The molecule has 0 fully saturated rings. The summed E-state index contributed by atoms with van der Waals surface area (Å²) in [5.41, 5.74) is 3.73. The fourth-order valence-electron chi connectivity index (χ4n) is 3.36. The van der Waals surface area contributed by atoms with Gasteiger partial charge in [0.25, 0.3) is 0 Å². The molecule has 0 unspecified atom stereocenters. The Hall–Kier alpha value is -3.31. The van der Waals surface area contributed by atoms with E-state index in [0.29, 0.717) is 11.4 Å². The zero-order valence-electron chi connectivity index (χ0n) is 14.1. The number of halogens is 1. The standard InChI is InChI=1S/C22H13FN2OS/c23-18-9-7-15(8-10-18)20-13-27-22-24-21(19(12-26)25(20)22)17-6-5-14-3-1-2-4-16(14)11-17/h1-13H. The number of aldehydes is 1. The number of fused-ring (bicyclic) bond motifs is 2. The molecule has 0 aliphatic carbocycles. The Kier molecular flexibility index (Phi) is 3.62. The van der Waals surface area contributed by atoms with E-state index >= 15 is 0 Å². The molecule has 0 aliphatic heterocycles. The number of benzene rings is 3. The molecular weight excluding hydrogens is 359 g/mol. The highest BCUT2D eigenvalue weighted by atomic mass is 32.1. The Morgan fingerprint density at radius 1 is 0.926 bits per heavy atom. The lowest BCUT2D eigenvalue weighted by Gasteiger charge is -2.04. The van der Waals surface area contributed by atoms with Gasteiger partial charge in [-0.25, -0.2) is 9.37 Å². The monoisotopic (exact) mass is 372 g/mol. The van der Waals surface area contributed by atoms with Gasteiger partial charge < -0.3 is 0 Å². The molecule has 5 heteroatoms. The van der Waals surface area contributed by atoms with E-state index in [0.717, 1.165) is 38.8 Å². The Bertz CT molecular complexity index is 1300. The quantitative estimate of drug-likeness (QED) is 0.373. The summed E-state index contributed by atoms with van der Waals surface area (Å²) in [6.45, 7) is 0. The maximum Gasteiger partial charge on any atom is 0.195 e. The highest BCUT2D eigenvalue weighted by Gasteiger charge is 2.18. The first kappa shape index (κ1) is 15.9. The summed E-state index contributed by atoms with van der Waals surface area (Å²) in [4.78, 5) is 17.4. The fourth-order valence-corrected chi connectivity index (χ4v) is 4.26. The smallest absolute Gasteiger partial charge is 0.195 e. The number of hydrogen-bond acceptors (Lipinski definition) is 3. The number of aromatic nitrogens is 2. The van der Waals surface area contributed by atoms with E-state index in [9.17, 15) is 9.18 Å². The van der Waals surface area contributed by atoms with Gasteiger partial charge >= 0.3 is 0 Å². The van der Waals surface area contributed by atoms with Crippen LogP contribution >= 0.6 is 11.3 Å². The van der Waals surface area contributed by atoms with Crippen molar-refractivity contribution in [3.63, 3.8) is 0 Å². The lowest BCUT2D eigenvalue weighted by Crippen LogP contribution is -1.94. The van der Waals surface area contributed by atoms with Gasteiger partial charge in [-0.3, -0.25) is 9.20 Å². The molecule has 130 valence electrons. The van der Waals surface area contributed by atoms with Crippen LogP contribution in [0, 0.1) is 5.82 Å². The molecule has 0 atom stereocenters. The molecule has 2 aromatic heterocycles. The second-order valence-electron chi connectivity index (χ2n) is 6.27. The van der Waals surface area contributed by atoms with E-state index in [1.165, 1.54) is 23.5 Å². The van der Waals surface area contributed by atoms with Crippen molar-refractivity contribution in [2.45, 2.75) is 0 Å². The van der Waals surface area contributed by atoms with Gasteiger partial charge in [0, 0.05) is 10.9 Å². The third kappa shape index (κ3) is 2.55. The number of rotatable bonds is 3. The van der Waals surface area contributed by atoms with Crippen molar-refractivity contribution in [3.05, 3.63) is 83.6 Å². The maximum atomic E-state index is 13.3. The van der Waals surface area contributed by atoms with Gasteiger partial charge in [-0.15, -0.1) is 11.3 Å². The van der Waals surface area contributed by atoms with Crippen LogP contribution < -0.4 is 0 Å². The van der Waals surface area contributed by atoms with Gasteiger partial charge in [-0.05, 0) is 46.7 Å². The molecule has 0 amide bonds. The van der Waals surface area contributed by atoms with Crippen LogP contribution in [0.25, 0.3) is 38.2 Å². The molecule has 0 saturated heterocycles. The van der Waals surface area contributed by atoms with Crippen LogP contribution in [0.4, 0.5) is 4.39 Å². The van der Waals surface area contributed by atoms with E-state index in [1.807, 2.05) is 46.2 Å². The fraction of sp³-hybridized carbons (Fsp3) is 0. The van der Waals surface area contributed by atoms with Gasteiger partial charge in [0.2, 0.25) is 0 Å². The van der Waals surface area contributed by atoms with Gasteiger partial charge in [-0.1, -0.05) is 36.4 Å². The largest absolute Gasteiger partial charge is 0.296 e. The van der Waals surface area contributed by atoms with Gasteiger partial charge in [0.05, 0.1) is 5.69 Å². The van der Waals surface area contributed by atoms with Crippen LogP contribution in [0.2, 0.25) is 0 Å². The first-order valence-corrected chi connectivity index (χ1v) is 9.33. The zero-order valence-corrected chi connectivity index (χ0v) is 14.9. The number of hydrogen-bond donors (Lipinski definition) is 0. The summed E-state index contributed by atoms with van der Waals surface area (Å²) in [5.74, 6) is -0.289. The van der Waals surface area contributed by atoms with Crippen molar-refractivity contribution in [2.24, 2.45) is 0 Å². The Balaban J connectivity index is 1.73. The minimum Gasteiger partial charge on any atom is -0.296 e. The molecule has 0 saturated carbocycles. The minimum atomic E-state index is -0.289. The lowest BCUT2D eigenvalue weighted by atomic mass is 10.0. The second kappa shape index (κ2) is 6.14. The summed E-state index contributed by atoms with van der Waals surface area (Å²) in [6.07, 6.45) is 0.838. The molecule has 0 radical (unpaired) electrons. The third-order valence-electron chi connectivity index (χ3n) is 4.67. The van der Waals surface area contributed by atoms with E-state index in [-0.39, 0.29) is 5.82 Å². The normalized spacial score (nSPS) is 11.3. The van der Waals surface area contributed by atoms with Crippen molar-refractivity contribution in [1.29, 1.82) is 0 Å². The summed E-state index contributed by atoms with van der Waals surface area (Å²) in [6, 6.07) is 20.4. The van der Waals surface area contributed by atoms with Crippen molar-refractivity contribution in [2.75, 3.05) is 0 Å². The van der Waals surface area contributed by atoms with Crippen molar-refractivity contribution in [1.82, 2.24) is 9.38 Å². The molecule has 0 N–H and O–H groups in total. The Morgan fingerprint density at radius 3 is 2.44 bits per heavy atom. The number of thiazole rings is 1. The second-order valence-corrected chi connectivity index (χ2v) is 7.11. The molecule has 5 aromatic rings. The zero-order chi connectivity index (χ0) is 18.4. The SMILES string of the molecule is O=Cc1c(-c2ccc3ccccc3c2)nc2scc(-c3ccc(F)cc3)n12. The summed E-state index contributed by atoms with van der Waals surface area (Å²) in [7, 11) is 0. The summed E-state index contributed by atoms with van der Waals surface area (Å²) in [5, 5.41) is 4.18. The number of nitrogens with zero attached hydrogens (tertiary/aromatic N) is 2. The van der Waals surface area contributed by atoms with E-state index in [4.69, 9.17) is 4.98 Å². The predicted octanol–water partition coefficient (Wildman–Crippen LogP) is 5.83. The van der Waals surface area contributed by atoms with Crippen LogP contribution in [0.15, 0.2) is 72.1 Å². The number of carbonyl (C=O) groups excluding carboxylic acids is 1. The van der Waals surface area contributed by atoms with Crippen LogP contribution in [0.5, 0.6) is 0 Å². The van der Waals surface area contributed by atoms with E-state index in [1.54, 1.807) is 12.1 Å². The summed E-state index contributed by atoms with van der Waals surface area (Å²) >= 11 is 1.46. The van der Waals surface area contributed by atoms with Gasteiger partial charge in [-0.2, -0.15) is 0 Å². The molecular formula is C22H13FN2OS. The Labute approximate surface area is 158 Å². The molecule has 5 rings (SSSR count). The number of imidazole rings is 1. The molecule has 2 heterocycles. The molecule has 3 nitrogen and oxygen atoms in total. The number of carbonyl (C=O) groups is 1. The molecule has 0 spiro atoms. The minimum absolute atomic E-state index is 0.289. The highest BCUT2D eigenvalue weighted by Crippen LogP contribution is 2.33. The van der Waals surface area contributed by atoms with Gasteiger partial charge in [0.15, 0.2) is 11.2 Å². The topological polar surface area (TPSA) is 34.4 Å². The molecule has 3 aromatic carbocycles. The average molecular weight is 372 g/mol. The summed E-state index contributed by atoms with van der Waals surface area (Å²) < 4.78 is 15.1. The highest BCUT2D eigenvalue weighted by molar-refractivity contribution is 7.15. The van der Waals surface area contributed by atoms with Crippen LogP contribution in [-0.2, 0) is 0 Å². The van der Waals surface area contributed by atoms with E-state index in [2.05, 4.69) is 6.07 Å². The molecule has 0 bridgehead atoms. The van der Waals surface area contributed by atoms with Gasteiger partial charge in [0.1, 0.15) is 17.2 Å². The van der Waals surface area contributed by atoms with E-state index < -0.39 is 0 Å². The lowest BCUT2D eigenvalue weighted by molar-refractivity contribution is 0.111. The first-order valence-electron chi connectivity index (χ1n) is 8.45.